The van der Waals surface area contributed by atoms with Gasteiger partial charge in [0.1, 0.15) is 5.41 Å². The fourth-order valence-electron chi connectivity index (χ4n) is 3.31. The number of rotatable bonds is 6. The van der Waals surface area contributed by atoms with Gasteiger partial charge in [-0.1, -0.05) is 42.0 Å². The highest BCUT2D eigenvalue weighted by molar-refractivity contribution is 7.86. The van der Waals surface area contributed by atoms with Crippen molar-refractivity contribution in [2.45, 2.75) is 23.7 Å². The van der Waals surface area contributed by atoms with Gasteiger partial charge in [0.05, 0.1) is 11.5 Å². The number of carbonyl (C=O) groups excluding carboxylic acids is 1. The molecule has 1 heterocycles. The molecule has 1 unspecified atom stereocenters. The van der Waals surface area contributed by atoms with Crippen molar-refractivity contribution in [3.63, 3.8) is 0 Å². The summed E-state index contributed by atoms with van der Waals surface area (Å²) < 4.78 is 30.5. The second-order valence-corrected chi connectivity index (χ2v) is 8.10. The number of benzene rings is 2. The van der Waals surface area contributed by atoms with Crippen molar-refractivity contribution in [2.24, 2.45) is 0 Å². The molecule has 3 rings (SSSR count). The van der Waals surface area contributed by atoms with E-state index in [1.807, 2.05) is 31.2 Å². The van der Waals surface area contributed by atoms with Gasteiger partial charge in [-0.2, -0.15) is 8.42 Å². The minimum absolute atomic E-state index is 0.0731. The van der Waals surface area contributed by atoms with Crippen LogP contribution in [0.3, 0.4) is 0 Å². The van der Waals surface area contributed by atoms with Crippen LogP contribution in [0.5, 0.6) is 0 Å². The maximum Gasteiger partial charge on any atom is 0.297 e. The summed E-state index contributed by atoms with van der Waals surface area (Å²) in [4.78, 5) is 14.6. The molecule has 0 aliphatic carbocycles. The maximum absolute atomic E-state index is 13.0. The van der Waals surface area contributed by atoms with Crippen LogP contribution in [0.25, 0.3) is 0 Å². The first-order valence-corrected chi connectivity index (χ1v) is 9.67. The zero-order valence-electron chi connectivity index (χ0n) is 14.8. The molecular formula is C20H21NO4S. The van der Waals surface area contributed by atoms with Gasteiger partial charge in [-0.05, 0) is 37.1 Å². The number of para-hydroxylation sites is 1. The van der Waals surface area contributed by atoms with Crippen LogP contribution >= 0.6 is 0 Å². The Labute approximate surface area is 154 Å². The van der Waals surface area contributed by atoms with E-state index in [-0.39, 0.29) is 23.8 Å². The zero-order chi connectivity index (χ0) is 18.9. The summed E-state index contributed by atoms with van der Waals surface area (Å²) in [6.45, 7) is 5.35. The van der Waals surface area contributed by atoms with Gasteiger partial charge in [0.25, 0.3) is 10.1 Å². The van der Waals surface area contributed by atoms with E-state index in [0.717, 1.165) is 16.8 Å². The van der Waals surface area contributed by atoms with E-state index < -0.39 is 15.5 Å². The molecule has 5 nitrogen and oxygen atoms in total. The molecule has 0 saturated carbocycles. The summed E-state index contributed by atoms with van der Waals surface area (Å²) in [6.07, 6.45) is 1.91. The molecule has 1 amide bonds. The van der Waals surface area contributed by atoms with Gasteiger partial charge in [0, 0.05) is 12.7 Å². The van der Waals surface area contributed by atoms with E-state index >= 15 is 0 Å². The SMILES string of the molecule is C=CCC1(COS(=O)(=O)c2ccc(C)cc2)C(=O)N(C)c2ccccc21. The Balaban J connectivity index is 1.96. The summed E-state index contributed by atoms with van der Waals surface area (Å²) >= 11 is 0. The Morgan fingerprint density at radius 1 is 1.15 bits per heavy atom. The number of aryl methyl sites for hydroxylation is 1. The van der Waals surface area contributed by atoms with Crippen LogP contribution in [0.2, 0.25) is 0 Å². The molecule has 26 heavy (non-hydrogen) atoms. The molecule has 2 aromatic rings. The summed E-state index contributed by atoms with van der Waals surface area (Å²) in [5.41, 5.74) is 1.38. The Morgan fingerprint density at radius 3 is 2.46 bits per heavy atom. The molecular weight excluding hydrogens is 350 g/mol. The van der Waals surface area contributed by atoms with Crippen molar-refractivity contribution < 1.29 is 17.4 Å². The number of likely N-dealkylation sites (N-methyl/N-ethyl adjacent to an activating group) is 1. The Bertz CT molecular complexity index is 950. The molecule has 0 spiro atoms. The van der Waals surface area contributed by atoms with Crippen LogP contribution in [-0.2, 0) is 24.5 Å². The highest BCUT2D eigenvalue weighted by Gasteiger charge is 2.49. The molecule has 1 aliphatic heterocycles. The largest absolute Gasteiger partial charge is 0.314 e. The van der Waals surface area contributed by atoms with Gasteiger partial charge in [-0.15, -0.1) is 6.58 Å². The minimum atomic E-state index is -3.97. The average Bonchev–Trinajstić information content (AvgIpc) is 2.84. The van der Waals surface area contributed by atoms with Crippen molar-refractivity contribution >= 4 is 21.7 Å². The number of nitrogens with zero attached hydrogens (tertiary/aromatic N) is 1. The number of hydrogen-bond donors (Lipinski definition) is 0. The molecule has 1 atom stereocenters. The summed E-state index contributed by atoms with van der Waals surface area (Å²) in [5, 5.41) is 0. The standard InChI is InChI=1S/C20H21NO4S/c1-4-13-20(17-7-5-6-8-18(17)21(3)19(20)22)14-25-26(23,24)16-11-9-15(2)10-12-16/h4-12H,1,13-14H2,2-3H3. The van der Waals surface area contributed by atoms with Crippen LogP contribution in [0.1, 0.15) is 17.5 Å². The van der Waals surface area contributed by atoms with Gasteiger partial charge in [-0.25, -0.2) is 0 Å². The first-order valence-electron chi connectivity index (χ1n) is 8.26. The normalized spacial score (nSPS) is 19.5. The molecule has 0 fully saturated rings. The lowest BCUT2D eigenvalue weighted by molar-refractivity contribution is -0.123. The van der Waals surface area contributed by atoms with E-state index in [2.05, 4.69) is 6.58 Å². The number of amides is 1. The van der Waals surface area contributed by atoms with Crippen molar-refractivity contribution in [1.82, 2.24) is 0 Å². The average molecular weight is 371 g/mol. The van der Waals surface area contributed by atoms with Crippen molar-refractivity contribution in [1.29, 1.82) is 0 Å². The lowest BCUT2D eigenvalue weighted by Gasteiger charge is -2.26. The van der Waals surface area contributed by atoms with Crippen LogP contribution in [0.4, 0.5) is 5.69 Å². The third-order valence-corrected chi connectivity index (χ3v) is 6.04. The number of allylic oxidation sites excluding steroid dienone is 1. The molecule has 6 heteroatoms. The Kier molecular flexibility index (Phi) is 4.73. The lowest BCUT2D eigenvalue weighted by Crippen LogP contribution is -2.42. The van der Waals surface area contributed by atoms with E-state index in [0.29, 0.717) is 0 Å². The van der Waals surface area contributed by atoms with Crippen LogP contribution < -0.4 is 4.90 Å². The van der Waals surface area contributed by atoms with Gasteiger partial charge in [0.2, 0.25) is 5.91 Å². The Morgan fingerprint density at radius 2 is 1.81 bits per heavy atom. The number of carbonyl (C=O) groups is 1. The van der Waals surface area contributed by atoms with Crippen molar-refractivity contribution in [3.8, 4) is 0 Å². The van der Waals surface area contributed by atoms with Gasteiger partial charge >= 0.3 is 0 Å². The highest BCUT2D eigenvalue weighted by Crippen LogP contribution is 2.44. The highest BCUT2D eigenvalue weighted by atomic mass is 32.2. The quantitative estimate of drug-likeness (QED) is 0.578. The fraction of sp³-hybridized carbons (Fsp3) is 0.250. The monoisotopic (exact) mass is 371 g/mol. The third-order valence-electron chi connectivity index (χ3n) is 4.76. The number of fused-ring (bicyclic) bond motifs is 1. The van der Waals surface area contributed by atoms with Crippen molar-refractivity contribution in [3.05, 3.63) is 72.3 Å². The second-order valence-electron chi connectivity index (χ2n) is 6.49. The van der Waals surface area contributed by atoms with E-state index in [9.17, 15) is 13.2 Å². The van der Waals surface area contributed by atoms with E-state index in [4.69, 9.17) is 4.18 Å². The van der Waals surface area contributed by atoms with Crippen LogP contribution in [-0.4, -0.2) is 28.0 Å². The predicted molar refractivity (Wildman–Crippen MR) is 101 cm³/mol. The molecule has 0 bridgehead atoms. The number of hydrogen-bond acceptors (Lipinski definition) is 4. The van der Waals surface area contributed by atoms with Gasteiger partial charge in [0.15, 0.2) is 0 Å². The molecule has 0 radical (unpaired) electrons. The van der Waals surface area contributed by atoms with Crippen LogP contribution in [0.15, 0.2) is 66.1 Å². The zero-order valence-corrected chi connectivity index (χ0v) is 15.6. The molecule has 0 N–H and O–H groups in total. The molecule has 136 valence electrons. The predicted octanol–water partition coefficient (Wildman–Crippen LogP) is 3.19. The van der Waals surface area contributed by atoms with Gasteiger partial charge < -0.3 is 4.90 Å². The summed E-state index contributed by atoms with van der Waals surface area (Å²) in [5.74, 6) is -0.197. The number of anilines is 1. The molecule has 2 aromatic carbocycles. The second kappa shape index (κ2) is 6.70. The fourth-order valence-corrected chi connectivity index (χ4v) is 4.27. The van der Waals surface area contributed by atoms with Gasteiger partial charge in [-0.3, -0.25) is 8.98 Å². The van der Waals surface area contributed by atoms with Crippen molar-refractivity contribution in [2.75, 3.05) is 18.6 Å². The smallest absolute Gasteiger partial charge is 0.297 e. The first kappa shape index (κ1) is 18.4. The maximum atomic E-state index is 13.0. The topological polar surface area (TPSA) is 63.7 Å². The molecule has 0 aromatic heterocycles. The lowest BCUT2D eigenvalue weighted by atomic mass is 9.79. The summed E-state index contributed by atoms with van der Waals surface area (Å²) in [6, 6.07) is 13.8. The van der Waals surface area contributed by atoms with Crippen LogP contribution in [0, 0.1) is 6.92 Å². The summed E-state index contributed by atoms with van der Waals surface area (Å²) in [7, 11) is -2.29. The van der Waals surface area contributed by atoms with E-state index in [1.165, 1.54) is 12.1 Å². The minimum Gasteiger partial charge on any atom is -0.314 e. The first-order chi connectivity index (χ1) is 12.3. The Hall–Kier alpha value is -2.44. The molecule has 0 saturated heterocycles. The van der Waals surface area contributed by atoms with E-state index in [1.54, 1.807) is 30.2 Å². The molecule has 1 aliphatic rings. The third kappa shape index (κ3) is 2.95.